The molecular weight excluding hydrogens is 451 g/mol. The SMILES string of the molecule is CCCNC(=O)[C@@H](C)N(Cc1c(Cl)cccc1Cl)C(=O)CCc1ccc2c(c1)OCCO2. The Morgan fingerprint density at radius 3 is 2.47 bits per heavy atom. The average molecular weight is 479 g/mol. The van der Waals surface area contributed by atoms with Gasteiger partial charge in [0.25, 0.3) is 0 Å². The molecule has 2 aromatic carbocycles. The number of benzene rings is 2. The van der Waals surface area contributed by atoms with Crippen molar-refractivity contribution in [1.29, 1.82) is 0 Å². The topological polar surface area (TPSA) is 67.9 Å². The summed E-state index contributed by atoms with van der Waals surface area (Å²) < 4.78 is 11.2. The van der Waals surface area contributed by atoms with E-state index in [1.165, 1.54) is 4.90 Å². The van der Waals surface area contributed by atoms with Gasteiger partial charge in [-0.2, -0.15) is 0 Å². The predicted molar refractivity (Wildman–Crippen MR) is 126 cm³/mol. The minimum atomic E-state index is -0.665. The molecule has 2 amide bonds. The number of hydrogen-bond acceptors (Lipinski definition) is 4. The molecule has 0 aliphatic carbocycles. The number of carbonyl (C=O) groups is 2. The molecule has 0 spiro atoms. The first-order valence-corrected chi connectivity index (χ1v) is 11.5. The summed E-state index contributed by atoms with van der Waals surface area (Å²) in [5.74, 6) is 1.04. The Morgan fingerprint density at radius 2 is 1.78 bits per heavy atom. The Hall–Kier alpha value is -2.44. The van der Waals surface area contributed by atoms with Crippen molar-refractivity contribution in [2.24, 2.45) is 0 Å². The van der Waals surface area contributed by atoms with E-state index in [0.717, 1.165) is 12.0 Å². The molecule has 8 heteroatoms. The number of fused-ring (bicyclic) bond motifs is 1. The molecule has 2 aromatic rings. The Labute approximate surface area is 198 Å². The minimum Gasteiger partial charge on any atom is -0.486 e. The summed E-state index contributed by atoms with van der Waals surface area (Å²) in [7, 11) is 0. The van der Waals surface area contributed by atoms with Crippen LogP contribution in [0.3, 0.4) is 0 Å². The molecule has 0 bridgehead atoms. The summed E-state index contributed by atoms with van der Waals surface area (Å²) in [6, 6.07) is 10.2. The van der Waals surface area contributed by atoms with E-state index in [1.54, 1.807) is 25.1 Å². The van der Waals surface area contributed by atoms with Gasteiger partial charge >= 0.3 is 0 Å². The fourth-order valence-electron chi connectivity index (χ4n) is 3.47. The lowest BCUT2D eigenvalue weighted by atomic mass is 10.1. The van der Waals surface area contributed by atoms with E-state index >= 15 is 0 Å². The van der Waals surface area contributed by atoms with E-state index in [2.05, 4.69) is 5.32 Å². The Balaban J connectivity index is 1.75. The van der Waals surface area contributed by atoms with E-state index in [1.807, 2.05) is 25.1 Å². The fourth-order valence-corrected chi connectivity index (χ4v) is 3.99. The van der Waals surface area contributed by atoms with Crippen LogP contribution in [0.25, 0.3) is 0 Å². The van der Waals surface area contributed by atoms with Crippen LogP contribution in [0.1, 0.15) is 37.8 Å². The molecule has 32 heavy (non-hydrogen) atoms. The summed E-state index contributed by atoms with van der Waals surface area (Å²) in [4.78, 5) is 27.4. The molecule has 1 heterocycles. The van der Waals surface area contributed by atoms with Crippen molar-refractivity contribution in [2.75, 3.05) is 19.8 Å². The second-order valence-corrected chi connectivity index (χ2v) is 8.48. The number of hydrogen-bond donors (Lipinski definition) is 1. The van der Waals surface area contributed by atoms with Crippen LogP contribution in [0.2, 0.25) is 10.0 Å². The van der Waals surface area contributed by atoms with Crippen LogP contribution >= 0.6 is 23.2 Å². The van der Waals surface area contributed by atoms with E-state index in [0.29, 0.717) is 53.3 Å². The number of carbonyl (C=O) groups excluding carboxylic acids is 2. The number of aryl methyl sites for hydroxylation is 1. The highest BCUT2D eigenvalue weighted by molar-refractivity contribution is 6.36. The first-order valence-electron chi connectivity index (χ1n) is 10.8. The zero-order valence-corrected chi connectivity index (χ0v) is 19.8. The number of nitrogens with zero attached hydrogens (tertiary/aromatic N) is 1. The number of nitrogens with one attached hydrogen (secondary N) is 1. The van der Waals surface area contributed by atoms with Crippen molar-refractivity contribution in [3.8, 4) is 11.5 Å². The number of halogens is 2. The number of amides is 2. The molecule has 1 atom stereocenters. The Bertz CT molecular complexity index is 947. The lowest BCUT2D eigenvalue weighted by molar-refractivity contribution is -0.140. The van der Waals surface area contributed by atoms with Crippen LogP contribution in [0, 0.1) is 0 Å². The largest absolute Gasteiger partial charge is 0.486 e. The normalized spacial score (nSPS) is 13.4. The van der Waals surface area contributed by atoms with Gasteiger partial charge in [-0.15, -0.1) is 0 Å². The lowest BCUT2D eigenvalue weighted by Gasteiger charge is -2.29. The van der Waals surface area contributed by atoms with E-state index in [9.17, 15) is 9.59 Å². The van der Waals surface area contributed by atoms with Gasteiger partial charge in [0.15, 0.2) is 11.5 Å². The third-order valence-electron chi connectivity index (χ3n) is 5.34. The monoisotopic (exact) mass is 478 g/mol. The van der Waals surface area contributed by atoms with Crippen LogP contribution in [-0.4, -0.2) is 42.5 Å². The van der Waals surface area contributed by atoms with Gasteiger partial charge in [-0.1, -0.05) is 42.3 Å². The van der Waals surface area contributed by atoms with E-state index < -0.39 is 6.04 Å². The molecule has 0 fully saturated rings. The van der Waals surface area contributed by atoms with E-state index in [-0.39, 0.29) is 24.8 Å². The highest BCUT2D eigenvalue weighted by Crippen LogP contribution is 2.31. The van der Waals surface area contributed by atoms with Gasteiger partial charge in [-0.3, -0.25) is 9.59 Å². The highest BCUT2D eigenvalue weighted by atomic mass is 35.5. The molecule has 0 aromatic heterocycles. The summed E-state index contributed by atoms with van der Waals surface area (Å²) >= 11 is 12.7. The standard InChI is InChI=1S/C24H28Cl2N2O4/c1-3-11-27-24(30)16(2)28(15-18-19(25)5-4-6-20(18)26)23(29)10-8-17-7-9-21-22(14-17)32-13-12-31-21/h4-7,9,14,16H,3,8,10-13,15H2,1-2H3,(H,27,30)/t16-/m1/s1. The molecule has 0 saturated carbocycles. The maximum Gasteiger partial charge on any atom is 0.242 e. The predicted octanol–water partition coefficient (Wildman–Crippen LogP) is 4.64. The summed E-state index contributed by atoms with van der Waals surface area (Å²) in [5, 5.41) is 3.78. The third kappa shape index (κ3) is 6.08. The van der Waals surface area contributed by atoms with Crippen LogP contribution in [0.4, 0.5) is 0 Å². The second-order valence-electron chi connectivity index (χ2n) is 7.67. The fraction of sp³-hybridized carbons (Fsp3) is 0.417. The maximum atomic E-state index is 13.3. The summed E-state index contributed by atoms with van der Waals surface area (Å²) in [5.41, 5.74) is 1.58. The molecule has 0 radical (unpaired) electrons. The van der Waals surface area contributed by atoms with Gasteiger partial charge in [0.05, 0.1) is 0 Å². The van der Waals surface area contributed by atoms with Gasteiger partial charge in [-0.05, 0) is 49.6 Å². The molecule has 1 aliphatic rings. The number of rotatable bonds is 9. The van der Waals surface area contributed by atoms with Crippen LogP contribution in [-0.2, 0) is 22.6 Å². The van der Waals surface area contributed by atoms with Gasteiger partial charge in [0, 0.05) is 35.1 Å². The number of ether oxygens (including phenoxy) is 2. The first kappa shape index (κ1) is 24.2. The average Bonchev–Trinajstić information content (AvgIpc) is 2.80. The van der Waals surface area contributed by atoms with Crippen LogP contribution < -0.4 is 14.8 Å². The summed E-state index contributed by atoms with van der Waals surface area (Å²) in [6.45, 7) is 5.44. The smallest absolute Gasteiger partial charge is 0.242 e. The molecule has 1 N–H and O–H groups in total. The minimum absolute atomic E-state index is 0.152. The van der Waals surface area contributed by atoms with Crippen molar-refractivity contribution in [1.82, 2.24) is 10.2 Å². The van der Waals surface area contributed by atoms with Crippen LogP contribution in [0.5, 0.6) is 11.5 Å². The zero-order chi connectivity index (χ0) is 23.1. The van der Waals surface area contributed by atoms with Crippen molar-refractivity contribution < 1.29 is 19.1 Å². The van der Waals surface area contributed by atoms with Gasteiger partial charge in [-0.25, -0.2) is 0 Å². The molecule has 1 aliphatic heterocycles. The molecule has 172 valence electrons. The Morgan fingerprint density at radius 1 is 1.09 bits per heavy atom. The van der Waals surface area contributed by atoms with E-state index in [4.69, 9.17) is 32.7 Å². The first-order chi connectivity index (χ1) is 15.4. The third-order valence-corrected chi connectivity index (χ3v) is 6.05. The van der Waals surface area contributed by atoms with Crippen molar-refractivity contribution in [3.05, 3.63) is 57.6 Å². The Kier molecular flexibility index (Phi) is 8.65. The van der Waals surface area contributed by atoms with Gasteiger partial charge in [0.1, 0.15) is 19.3 Å². The van der Waals surface area contributed by atoms with Gasteiger partial charge in [0.2, 0.25) is 11.8 Å². The van der Waals surface area contributed by atoms with Crippen molar-refractivity contribution >= 4 is 35.0 Å². The quantitative estimate of drug-likeness (QED) is 0.569. The molecule has 0 unspecified atom stereocenters. The lowest BCUT2D eigenvalue weighted by Crippen LogP contribution is -2.47. The highest BCUT2D eigenvalue weighted by Gasteiger charge is 2.27. The van der Waals surface area contributed by atoms with Crippen molar-refractivity contribution in [2.45, 2.75) is 45.7 Å². The van der Waals surface area contributed by atoms with Crippen molar-refractivity contribution in [3.63, 3.8) is 0 Å². The zero-order valence-electron chi connectivity index (χ0n) is 18.3. The molecule has 0 saturated heterocycles. The second kappa shape index (κ2) is 11.4. The summed E-state index contributed by atoms with van der Waals surface area (Å²) in [6.07, 6.45) is 1.55. The molecule has 6 nitrogen and oxygen atoms in total. The van der Waals surface area contributed by atoms with Gasteiger partial charge < -0.3 is 19.7 Å². The van der Waals surface area contributed by atoms with Crippen LogP contribution in [0.15, 0.2) is 36.4 Å². The maximum absolute atomic E-state index is 13.3. The molecule has 3 rings (SSSR count). The molecular formula is C24H28Cl2N2O4.